The zero-order valence-electron chi connectivity index (χ0n) is 19.4. The van der Waals surface area contributed by atoms with Crippen molar-refractivity contribution in [3.63, 3.8) is 0 Å². The van der Waals surface area contributed by atoms with Crippen LogP contribution in [-0.2, 0) is 4.74 Å². The number of benzene rings is 2. The Bertz CT molecular complexity index is 1110. The zero-order valence-corrected chi connectivity index (χ0v) is 20.2. The lowest BCUT2D eigenvalue weighted by atomic mass is 10.0. The molecule has 1 aliphatic carbocycles. The van der Waals surface area contributed by atoms with Gasteiger partial charge in [-0.2, -0.15) is 0 Å². The van der Waals surface area contributed by atoms with E-state index in [1.807, 2.05) is 29.6 Å². The summed E-state index contributed by atoms with van der Waals surface area (Å²) in [5.74, 6) is 0.926. The molecule has 2 atom stereocenters. The number of hydrogen-bond donors (Lipinski definition) is 3. The Kier molecular flexibility index (Phi) is 7.85. The summed E-state index contributed by atoms with van der Waals surface area (Å²) in [4.78, 5) is 26.1. The van der Waals surface area contributed by atoms with Crippen molar-refractivity contribution < 1.29 is 14.3 Å². The highest BCUT2D eigenvalue weighted by molar-refractivity contribution is 7.13. The summed E-state index contributed by atoms with van der Waals surface area (Å²) in [5.41, 5.74) is 9.18. The number of thiophene rings is 1. The van der Waals surface area contributed by atoms with E-state index < -0.39 is 6.09 Å². The van der Waals surface area contributed by atoms with E-state index in [1.54, 1.807) is 41.7 Å². The Morgan fingerprint density at radius 3 is 2.62 bits per heavy atom. The number of rotatable bonds is 6. The van der Waals surface area contributed by atoms with Gasteiger partial charge >= 0.3 is 6.09 Å². The molecule has 0 aliphatic heterocycles. The number of anilines is 3. The minimum absolute atomic E-state index is 0.272. The van der Waals surface area contributed by atoms with Crippen LogP contribution in [0.25, 0.3) is 10.4 Å². The Morgan fingerprint density at radius 1 is 1.03 bits per heavy atom. The van der Waals surface area contributed by atoms with Crippen LogP contribution in [0.2, 0.25) is 0 Å². The number of nitrogen functional groups attached to an aromatic ring is 1. The summed E-state index contributed by atoms with van der Waals surface area (Å²) in [5, 5.41) is 7.63. The van der Waals surface area contributed by atoms with E-state index >= 15 is 0 Å². The molecule has 2 amide bonds. The van der Waals surface area contributed by atoms with Gasteiger partial charge in [0, 0.05) is 16.1 Å². The van der Waals surface area contributed by atoms with Crippen LogP contribution in [0.1, 0.15) is 49.4 Å². The normalized spacial score (nSPS) is 18.0. The molecular formula is C27H31N3O3S. The van der Waals surface area contributed by atoms with Gasteiger partial charge in [-0.1, -0.05) is 38.3 Å². The number of nitrogens with two attached hydrogens (primary N) is 1. The first kappa shape index (κ1) is 23.8. The summed E-state index contributed by atoms with van der Waals surface area (Å²) in [6, 6.07) is 16.3. The van der Waals surface area contributed by atoms with E-state index in [0.29, 0.717) is 35.2 Å². The molecule has 1 aromatic heterocycles. The van der Waals surface area contributed by atoms with Gasteiger partial charge in [-0.25, -0.2) is 4.79 Å². The average molecular weight is 478 g/mol. The highest BCUT2D eigenvalue weighted by Gasteiger charge is 2.18. The van der Waals surface area contributed by atoms with Crippen LogP contribution in [0.3, 0.4) is 0 Å². The predicted octanol–water partition coefficient (Wildman–Crippen LogP) is 7.01. The third-order valence-corrected chi connectivity index (χ3v) is 7.25. The van der Waals surface area contributed by atoms with Crippen molar-refractivity contribution in [2.45, 2.75) is 39.0 Å². The maximum atomic E-state index is 12.8. The van der Waals surface area contributed by atoms with Crippen molar-refractivity contribution in [2.75, 3.05) is 23.0 Å². The number of hydrogen-bond acceptors (Lipinski definition) is 5. The van der Waals surface area contributed by atoms with E-state index in [-0.39, 0.29) is 5.91 Å². The minimum atomic E-state index is -0.465. The van der Waals surface area contributed by atoms with Gasteiger partial charge in [-0.3, -0.25) is 10.1 Å². The fourth-order valence-corrected chi connectivity index (χ4v) is 4.96. The van der Waals surface area contributed by atoms with Gasteiger partial charge in [0.1, 0.15) is 0 Å². The van der Waals surface area contributed by atoms with Crippen LogP contribution in [-0.4, -0.2) is 18.6 Å². The van der Waals surface area contributed by atoms with Crippen LogP contribution >= 0.6 is 11.3 Å². The average Bonchev–Trinajstić information content (AvgIpc) is 3.29. The molecule has 6 nitrogen and oxygen atoms in total. The van der Waals surface area contributed by atoms with Crippen LogP contribution in [0.5, 0.6) is 0 Å². The number of nitrogens with one attached hydrogen (secondary N) is 2. The maximum absolute atomic E-state index is 12.8. The molecule has 1 unspecified atom stereocenters. The van der Waals surface area contributed by atoms with Crippen molar-refractivity contribution in [1.29, 1.82) is 0 Å². The number of carbonyl (C=O) groups excluding carboxylic acids is 2. The van der Waals surface area contributed by atoms with Gasteiger partial charge in [0.2, 0.25) is 0 Å². The van der Waals surface area contributed by atoms with Crippen molar-refractivity contribution in [2.24, 2.45) is 11.8 Å². The Hall–Kier alpha value is -3.32. The minimum Gasteiger partial charge on any atom is -0.449 e. The van der Waals surface area contributed by atoms with Gasteiger partial charge in [-0.05, 0) is 78.1 Å². The third kappa shape index (κ3) is 6.38. The molecule has 178 valence electrons. The highest BCUT2D eigenvalue weighted by atomic mass is 32.1. The van der Waals surface area contributed by atoms with E-state index in [1.165, 1.54) is 19.3 Å². The van der Waals surface area contributed by atoms with Gasteiger partial charge in [0.25, 0.3) is 5.91 Å². The van der Waals surface area contributed by atoms with Gasteiger partial charge < -0.3 is 15.8 Å². The summed E-state index contributed by atoms with van der Waals surface area (Å²) in [7, 11) is 0. The molecule has 4 N–H and O–H groups in total. The van der Waals surface area contributed by atoms with Crippen LogP contribution in [0.15, 0.2) is 60.0 Å². The quantitative estimate of drug-likeness (QED) is 0.263. The van der Waals surface area contributed by atoms with E-state index in [4.69, 9.17) is 10.5 Å². The topological polar surface area (TPSA) is 93.4 Å². The fraction of sp³-hybridized carbons (Fsp3) is 0.333. The highest BCUT2D eigenvalue weighted by Crippen LogP contribution is 2.30. The Morgan fingerprint density at radius 2 is 1.85 bits per heavy atom. The van der Waals surface area contributed by atoms with Gasteiger partial charge in [0.05, 0.1) is 18.0 Å². The summed E-state index contributed by atoms with van der Waals surface area (Å²) in [6.07, 6.45) is 5.41. The number of carbonyl (C=O) groups is 2. The molecule has 0 radical (unpaired) electrons. The molecule has 4 rings (SSSR count). The molecule has 34 heavy (non-hydrogen) atoms. The smallest absolute Gasteiger partial charge is 0.411 e. The van der Waals surface area contributed by atoms with Crippen LogP contribution < -0.4 is 16.4 Å². The largest absolute Gasteiger partial charge is 0.449 e. The second-order valence-electron chi connectivity index (χ2n) is 9.01. The Labute approximate surface area is 204 Å². The summed E-state index contributed by atoms with van der Waals surface area (Å²) in [6.45, 7) is 2.74. The van der Waals surface area contributed by atoms with Crippen molar-refractivity contribution in [3.8, 4) is 10.4 Å². The molecule has 1 heterocycles. The molecule has 0 saturated heterocycles. The van der Waals surface area contributed by atoms with Crippen molar-refractivity contribution >= 4 is 40.4 Å². The molecule has 1 saturated carbocycles. The van der Waals surface area contributed by atoms with Crippen molar-refractivity contribution in [3.05, 3.63) is 65.5 Å². The molecule has 0 bridgehead atoms. The standard InChI is InChI=1S/C27H31N3O3S/c1-18-4-2-5-19(8-7-18)17-33-27(32)29-22-12-9-20(10-13-22)26(31)30-24-16-21(11-14-23(24)28)25-6-3-15-34-25/h3,6,9-16,18-19H,2,4-5,7-8,17,28H2,1H3,(H,29,32)(H,30,31)/t18?,19-/m1/s1. The molecule has 2 aromatic carbocycles. The molecular weight excluding hydrogens is 446 g/mol. The van der Waals surface area contributed by atoms with Crippen LogP contribution in [0.4, 0.5) is 21.9 Å². The lowest BCUT2D eigenvalue weighted by molar-refractivity contribution is 0.102. The maximum Gasteiger partial charge on any atom is 0.411 e. The summed E-state index contributed by atoms with van der Waals surface area (Å²) < 4.78 is 5.45. The van der Waals surface area contributed by atoms with E-state index in [9.17, 15) is 9.59 Å². The number of ether oxygens (including phenoxy) is 1. The monoisotopic (exact) mass is 477 g/mol. The Balaban J connectivity index is 1.30. The lowest BCUT2D eigenvalue weighted by Crippen LogP contribution is -2.19. The lowest BCUT2D eigenvalue weighted by Gasteiger charge is -2.15. The van der Waals surface area contributed by atoms with Gasteiger partial charge in [0.15, 0.2) is 0 Å². The number of amides is 2. The second-order valence-corrected chi connectivity index (χ2v) is 9.96. The second kappa shape index (κ2) is 11.2. The molecule has 1 aliphatic rings. The van der Waals surface area contributed by atoms with Gasteiger partial charge in [-0.15, -0.1) is 11.3 Å². The first-order valence-electron chi connectivity index (χ1n) is 11.8. The molecule has 7 heteroatoms. The zero-order chi connectivity index (χ0) is 23.9. The molecule has 1 fully saturated rings. The fourth-order valence-electron chi connectivity index (χ4n) is 4.24. The van der Waals surface area contributed by atoms with E-state index in [0.717, 1.165) is 29.2 Å². The molecule has 3 aromatic rings. The summed E-state index contributed by atoms with van der Waals surface area (Å²) >= 11 is 1.63. The molecule has 0 spiro atoms. The SMILES string of the molecule is CC1CCC[C@@H](COC(=O)Nc2ccc(C(=O)Nc3cc(-c4cccs4)ccc3N)cc2)CC1. The third-order valence-electron chi connectivity index (χ3n) is 6.33. The first-order valence-corrected chi connectivity index (χ1v) is 12.6. The van der Waals surface area contributed by atoms with E-state index in [2.05, 4.69) is 17.6 Å². The van der Waals surface area contributed by atoms with Crippen LogP contribution in [0, 0.1) is 11.8 Å². The first-order chi connectivity index (χ1) is 16.5. The van der Waals surface area contributed by atoms with Crippen molar-refractivity contribution in [1.82, 2.24) is 0 Å². The predicted molar refractivity (Wildman–Crippen MR) is 139 cm³/mol.